The minimum Gasteiger partial charge on any atom is -0.233 e. The van der Waals surface area contributed by atoms with E-state index in [-0.39, 0.29) is 10.7 Å². The van der Waals surface area contributed by atoms with Gasteiger partial charge in [-0.15, -0.1) is 0 Å². The Kier molecular flexibility index (Phi) is 4.01. The van der Waals surface area contributed by atoms with Gasteiger partial charge in [0.2, 0.25) is 0 Å². The Labute approximate surface area is 88.2 Å². The summed E-state index contributed by atoms with van der Waals surface area (Å²) in [5, 5.41) is 0. The highest BCUT2D eigenvalue weighted by molar-refractivity contribution is 7.86. The lowest BCUT2D eigenvalue weighted by atomic mass is 10.2. The van der Waals surface area contributed by atoms with E-state index in [2.05, 4.69) is 34.9 Å². The molecule has 1 aromatic rings. The molecule has 0 atom stereocenters. The first-order valence-corrected chi connectivity index (χ1v) is 6.50. The van der Waals surface area contributed by atoms with Gasteiger partial charge in [0.15, 0.2) is 0 Å². The molecule has 0 aromatic heterocycles. The third kappa shape index (κ3) is 3.42. The number of aryl methyl sites for hydroxylation is 1. The van der Waals surface area contributed by atoms with E-state index >= 15 is 0 Å². The summed E-state index contributed by atoms with van der Waals surface area (Å²) in [5.41, 5.74) is 2.20. The summed E-state index contributed by atoms with van der Waals surface area (Å²) in [6.45, 7) is 4.00. The van der Waals surface area contributed by atoms with E-state index < -0.39 is 0 Å². The fraction of sp³-hybridized carbons (Fsp3) is 0.364. The fourth-order valence-corrected chi connectivity index (χ4v) is 1.72. The highest BCUT2D eigenvalue weighted by atomic mass is 32.2. The largest absolute Gasteiger partial charge is 0.233 e. The zero-order valence-electron chi connectivity index (χ0n) is 9.11. The Hall–Kier alpha value is -0.960. The quantitative estimate of drug-likeness (QED) is 0.500. The van der Waals surface area contributed by atoms with Gasteiger partial charge in [-0.2, -0.15) is 0 Å². The molecular weight excluding hydrogens is 192 g/mol. The van der Waals surface area contributed by atoms with Gasteiger partial charge in [-0.25, -0.2) is 9.36 Å². The second kappa shape index (κ2) is 5.05. The smallest absolute Gasteiger partial charge is 0.133 e. The van der Waals surface area contributed by atoms with Crippen LogP contribution in [0.25, 0.3) is 0 Å². The van der Waals surface area contributed by atoms with Crippen LogP contribution in [-0.2, 0) is 10.7 Å². The zero-order chi connectivity index (χ0) is 10.6. The predicted octanol–water partition coefficient (Wildman–Crippen LogP) is 3.11. The maximum atomic E-state index is 4.46. The average Bonchev–Trinajstić information content (AvgIpc) is 2.07. The Morgan fingerprint density at radius 2 is 1.86 bits per heavy atom. The molecule has 0 saturated carbocycles. The molecule has 0 saturated heterocycles. The summed E-state index contributed by atoms with van der Waals surface area (Å²) >= 11 is 0. The van der Waals surface area contributed by atoms with E-state index in [0.29, 0.717) is 0 Å². The van der Waals surface area contributed by atoms with E-state index in [1.807, 2.05) is 25.1 Å². The van der Waals surface area contributed by atoms with Crippen LogP contribution >= 0.6 is 0 Å². The third-order valence-electron chi connectivity index (χ3n) is 1.71. The topological polar surface area (TPSA) is 24.7 Å². The maximum Gasteiger partial charge on any atom is 0.133 e. The molecule has 0 bridgehead atoms. The van der Waals surface area contributed by atoms with Crippen molar-refractivity contribution in [2.45, 2.75) is 13.8 Å². The zero-order valence-corrected chi connectivity index (χ0v) is 9.93. The Morgan fingerprint density at radius 1 is 1.21 bits per heavy atom. The Morgan fingerprint density at radius 3 is 2.43 bits per heavy atom. The number of nitrogens with zero attached hydrogens (tertiary/aromatic N) is 2. The van der Waals surface area contributed by atoms with Crippen LogP contribution in [0.5, 0.6) is 0 Å². The van der Waals surface area contributed by atoms with Gasteiger partial charge in [0.05, 0.1) is 5.69 Å². The summed E-state index contributed by atoms with van der Waals surface area (Å²) in [7, 11) is 0.0683. The highest BCUT2D eigenvalue weighted by Crippen LogP contribution is 2.17. The van der Waals surface area contributed by atoms with Gasteiger partial charge in [0.1, 0.15) is 5.84 Å². The minimum absolute atomic E-state index is 0.0683. The molecule has 14 heavy (non-hydrogen) atoms. The first kappa shape index (κ1) is 11.1. The fourth-order valence-electron chi connectivity index (χ4n) is 1.15. The van der Waals surface area contributed by atoms with Crippen molar-refractivity contribution in [2.75, 3.05) is 12.5 Å². The molecule has 0 fully saturated rings. The van der Waals surface area contributed by atoms with Gasteiger partial charge < -0.3 is 0 Å². The summed E-state index contributed by atoms with van der Waals surface area (Å²) in [6, 6.07) is 8.09. The van der Waals surface area contributed by atoms with Crippen molar-refractivity contribution in [3.8, 4) is 0 Å². The van der Waals surface area contributed by atoms with Gasteiger partial charge >= 0.3 is 0 Å². The second-order valence-corrected chi connectivity index (χ2v) is 5.04. The van der Waals surface area contributed by atoms with Gasteiger partial charge in [0.25, 0.3) is 0 Å². The number of amidine groups is 1. The molecule has 76 valence electrons. The van der Waals surface area contributed by atoms with Crippen LogP contribution in [0.3, 0.4) is 0 Å². The maximum absolute atomic E-state index is 4.46. The molecule has 0 unspecified atom stereocenters. The van der Waals surface area contributed by atoms with Crippen molar-refractivity contribution >= 4 is 22.2 Å². The van der Waals surface area contributed by atoms with Crippen LogP contribution in [0.1, 0.15) is 12.5 Å². The average molecular weight is 208 g/mol. The van der Waals surface area contributed by atoms with Crippen molar-refractivity contribution in [3.63, 3.8) is 0 Å². The normalized spacial score (nSPS) is 11.9. The summed E-state index contributed by atoms with van der Waals surface area (Å²) < 4.78 is 4.39. The van der Waals surface area contributed by atoms with Crippen molar-refractivity contribution in [1.82, 2.24) is 0 Å². The third-order valence-corrected chi connectivity index (χ3v) is 2.34. The molecule has 0 N–H and O–H groups in total. The van der Waals surface area contributed by atoms with Crippen molar-refractivity contribution in [3.05, 3.63) is 29.8 Å². The number of benzene rings is 1. The summed E-state index contributed by atoms with van der Waals surface area (Å²) in [6.07, 6.45) is 4.16. The van der Waals surface area contributed by atoms with Crippen LogP contribution in [0.4, 0.5) is 5.69 Å². The first-order valence-electron chi connectivity index (χ1n) is 4.50. The molecule has 1 rings (SSSR count). The minimum atomic E-state index is 0.0683. The van der Waals surface area contributed by atoms with Crippen LogP contribution in [0.2, 0.25) is 0 Å². The van der Waals surface area contributed by atoms with E-state index in [0.717, 1.165) is 11.5 Å². The molecule has 0 heterocycles. The first-order chi connectivity index (χ1) is 6.59. The van der Waals surface area contributed by atoms with Crippen LogP contribution in [-0.4, -0.2) is 18.3 Å². The molecule has 0 aliphatic heterocycles. The molecule has 1 aromatic carbocycles. The second-order valence-electron chi connectivity index (χ2n) is 3.31. The molecule has 2 nitrogen and oxygen atoms in total. The molecule has 0 spiro atoms. The standard InChI is InChI=1S/C11H16N2S/c1-9-7-5-6-8-11(9)12-10(2)13-14(3)4/h5-8H,1-4H3. The predicted molar refractivity (Wildman–Crippen MR) is 65.6 cm³/mol. The molecule has 0 amide bonds. The molecular formula is C11H16N2S. The lowest BCUT2D eigenvalue weighted by Gasteiger charge is -1.99. The number of hydrogen-bond donors (Lipinski definition) is 0. The Bertz CT molecular complexity index is 377. The van der Waals surface area contributed by atoms with Crippen LogP contribution < -0.4 is 0 Å². The van der Waals surface area contributed by atoms with Gasteiger partial charge in [0, 0.05) is 0 Å². The van der Waals surface area contributed by atoms with Gasteiger partial charge in [-0.3, -0.25) is 0 Å². The molecule has 3 heteroatoms. The number of aliphatic imine (C=N–C) groups is 1. The lowest BCUT2D eigenvalue weighted by molar-refractivity contribution is 1.37. The lowest BCUT2D eigenvalue weighted by Crippen LogP contribution is -1.89. The summed E-state index contributed by atoms with van der Waals surface area (Å²) in [4.78, 5) is 4.46. The summed E-state index contributed by atoms with van der Waals surface area (Å²) in [5.74, 6) is 0.854. The van der Waals surface area contributed by atoms with Gasteiger partial charge in [-0.05, 0) is 38.0 Å². The van der Waals surface area contributed by atoms with E-state index in [9.17, 15) is 0 Å². The highest BCUT2D eigenvalue weighted by Gasteiger charge is 1.94. The van der Waals surface area contributed by atoms with E-state index in [4.69, 9.17) is 0 Å². The number of para-hydroxylation sites is 1. The van der Waals surface area contributed by atoms with Crippen molar-refractivity contribution in [1.29, 1.82) is 0 Å². The van der Waals surface area contributed by atoms with E-state index in [1.165, 1.54) is 5.56 Å². The van der Waals surface area contributed by atoms with Crippen molar-refractivity contribution < 1.29 is 0 Å². The molecule has 0 aliphatic rings. The number of hydrogen-bond acceptors (Lipinski definition) is 1. The molecule has 0 aliphatic carbocycles. The van der Waals surface area contributed by atoms with E-state index in [1.54, 1.807) is 0 Å². The van der Waals surface area contributed by atoms with Crippen LogP contribution in [0, 0.1) is 6.92 Å². The van der Waals surface area contributed by atoms with Crippen LogP contribution in [0.15, 0.2) is 33.6 Å². The monoisotopic (exact) mass is 208 g/mol. The SMILES string of the molecule is CC(=Nc1ccccc1C)N=S(C)C. The Balaban J connectivity index is 2.98. The van der Waals surface area contributed by atoms with Crippen molar-refractivity contribution in [2.24, 2.45) is 9.36 Å². The molecule has 0 radical (unpaired) electrons. The number of rotatable bonds is 1. The van der Waals surface area contributed by atoms with Gasteiger partial charge in [-0.1, -0.05) is 28.9 Å².